The Morgan fingerprint density at radius 2 is 2.00 bits per heavy atom. The fraction of sp³-hybridized carbons (Fsp3) is 0.231. The molecule has 0 amide bonds. The smallest absolute Gasteiger partial charge is 0.132 e. The zero-order chi connectivity index (χ0) is 11.5. The second-order valence-corrected chi connectivity index (χ2v) is 3.76. The summed E-state index contributed by atoms with van der Waals surface area (Å²) in [5.74, 6) is 0.910. The van der Waals surface area contributed by atoms with E-state index >= 15 is 0 Å². The van der Waals surface area contributed by atoms with Gasteiger partial charge >= 0.3 is 0 Å². The lowest BCUT2D eigenvalue weighted by Crippen LogP contribution is -2.02. The van der Waals surface area contributed by atoms with Crippen molar-refractivity contribution in [2.24, 2.45) is 0 Å². The van der Waals surface area contributed by atoms with Crippen LogP contribution in [0.5, 0.6) is 0 Å². The second-order valence-electron chi connectivity index (χ2n) is 3.76. The molecule has 84 valence electrons. The maximum absolute atomic E-state index is 13.3. The number of furan rings is 1. The minimum atomic E-state index is -0.800. The molecule has 0 aliphatic carbocycles. The van der Waals surface area contributed by atoms with Crippen molar-refractivity contribution in [1.82, 2.24) is 0 Å². The Balaban J connectivity index is 2.13. The minimum Gasteiger partial charge on any atom is -0.464 e. The van der Waals surface area contributed by atoms with Gasteiger partial charge in [-0.1, -0.05) is 18.2 Å². The highest BCUT2D eigenvalue weighted by Gasteiger charge is 2.14. The van der Waals surface area contributed by atoms with Crippen LogP contribution in [0.3, 0.4) is 0 Å². The van der Waals surface area contributed by atoms with Crippen LogP contribution in [0.2, 0.25) is 0 Å². The molecule has 1 atom stereocenters. The summed E-state index contributed by atoms with van der Waals surface area (Å²) >= 11 is 0. The molecule has 2 nitrogen and oxygen atoms in total. The van der Waals surface area contributed by atoms with Crippen LogP contribution in [0.25, 0.3) is 0 Å². The maximum Gasteiger partial charge on any atom is 0.132 e. The van der Waals surface area contributed by atoms with Crippen molar-refractivity contribution < 1.29 is 13.9 Å². The Hall–Kier alpha value is -1.61. The Kier molecular flexibility index (Phi) is 3.06. The molecule has 0 saturated carbocycles. The monoisotopic (exact) mass is 220 g/mol. The molecule has 1 N–H and O–H groups in total. The van der Waals surface area contributed by atoms with Crippen LogP contribution < -0.4 is 0 Å². The topological polar surface area (TPSA) is 33.4 Å². The SMILES string of the molecule is Cc1ccc(C(O)Cc2ccccc2F)o1. The van der Waals surface area contributed by atoms with Gasteiger partial charge in [-0.2, -0.15) is 0 Å². The molecule has 2 rings (SSSR count). The van der Waals surface area contributed by atoms with Crippen LogP contribution in [0, 0.1) is 12.7 Å². The number of aliphatic hydroxyl groups excluding tert-OH is 1. The molecule has 0 fully saturated rings. The van der Waals surface area contributed by atoms with Gasteiger partial charge in [0.2, 0.25) is 0 Å². The van der Waals surface area contributed by atoms with Crippen LogP contribution in [0.1, 0.15) is 23.2 Å². The molecular formula is C13H13FO2. The molecule has 1 heterocycles. The van der Waals surface area contributed by atoms with Crippen molar-refractivity contribution in [3.63, 3.8) is 0 Å². The van der Waals surface area contributed by atoms with E-state index in [1.807, 2.05) is 0 Å². The largest absolute Gasteiger partial charge is 0.464 e. The molecule has 1 aromatic heterocycles. The van der Waals surface area contributed by atoms with Crippen molar-refractivity contribution >= 4 is 0 Å². The molecule has 0 bridgehead atoms. The molecule has 0 saturated heterocycles. The van der Waals surface area contributed by atoms with Crippen molar-refractivity contribution in [2.75, 3.05) is 0 Å². The highest BCUT2D eigenvalue weighted by Crippen LogP contribution is 2.21. The van der Waals surface area contributed by atoms with E-state index in [-0.39, 0.29) is 12.2 Å². The highest BCUT2D eigenvalue weighted by atomic mass is 19.1. The van der Waals surface area contributed by atoms with E-state index in [0.717, 1.165) is 5.76 Å². The van der Waals surface area contributed by atoms with Crippen molar-refractivity contribution in [3.05, 3.63) is 59.3 Å². The zero-order valence-electron chi connectivity index (χ0n) is 8.98. The van der Waals surface area contributed by atoms with Gasteiger partial charge in [0.1, 0.15) is 23.4 Å². The van der Waals surface area contributed by atoms with Gasteiger partial charge in [-0.3, -0.25) is 0 Å². The maximum atomic E-state index is 13.3. The third-order valence-electron chi connectivity index (χ3n) is 2.46. The molecule has 0 aliphatic heterocycles. The number of hydrogen-bond donors (Lipinski definition) is 1. The summed E-state index contributed by atoms with van der Waals surface area (Å²) < 4.78 is 18.6. The number of hydrogen-bond acceptors (Lipinski definition) is 2. The fourth-order valence-corrected chi connectivity index (χ4v) is 1.61. The Bertz CT molecular complexity index is 476. The van der Waals surface area contributed by atoms with Crippen molar-refractivity contribution in [3.8, 4) is 0 Å². The van der Waals surface area contributed by atoms with Crippen LogP contribution in [-0.2, 0) is 6.42 Å². The van der Waals surface area contributed by atoms with E-state index < -0.39 is 6.10 Å². The van der Waals surface area contributed by atoms with Crippen LogP contribution >= 0.6 is 0 Å². The summed E-state index contributed by atoms with van der Waals surface area (Å²) in [6.45, 7) is 1.80. The van der Waals surface area contributed by atoms with E-state index in [9.17, 15) is 9.50 Å². The summed E-state index contributed by atoms with van der Waals surface area (Å²) in [4.78, 5) is 0. The molecule has 16 heavy (non-hydrogen) atoms. The van der Waals surface area contributed by atoms with Gasteiger partial charge < -0.3 is 9.52 Å². The molecule has 2 aromatic rings. The van der Waals surface area contributed by atoms with Crippen LogP contribution in [0.4, 0.5) is 4.39 Å². The lowest BCUT2D eigenvalue weighted by atomic mass is 10.1. The van der Waals surface area contributed by atoms with Gasteiger partial charge in [0.25, 0.3) is 0 Å². The number of aryl methyl sites for hydroxylation is 1. The molecule has 0 spiro atoms. The third kappa shape index (κ3) is 2.31. The molecular weight excluding hydrogens is 207 g/mol. The van der Waals surface area contributed by atoms with Gasteiger partial charge in [-0.05, 0) is 30.7 Å². The molecule has 1 unspecified atom stereocenters. The van der Waals surface area contributed by atoms with E-state index in [4.69, 9.17) is 4.42 Å². The fourth-order valence-electron chi connectivity index (χ4n) is 1.61. The molecule has 0 radical (unpaired) electrons. The van der Waals surface area contributed by atoms with Gasteiger partial charge in [0, 0.05) is 6.42 Å². The average Bonchev–Trinajstić information content (AvgIpc) is 2.68. The first-order chi connectivity index (χ1) is 7.66. The molecule has 1 aromatic carbocycles. The third-order valence-corrected chi connectivity index (χ3v) is 2.46. The van der Waals surface area contributed by atoms with E-state index in [1.165, 1.54) is 6.07 Å². The lowest BCUT2D eigenvalue weighted by Gasteiger charge is -2.08. The Morgan fingerprint density at radius 3 is 2.62 bits per heavy atom. The van der Waals surface area contributed by atoms with Crippen LogP contribution in [0.15, 0.2) is 40.8 Å². The summed E-state index contributed by atoms with van der Waals surface area (Å²) in [6.07, 6.45) is -0.579. The molecule has 0 aliphatic rings. The van der Waals surface area contributed by atoms with E-state index in [2.05, 4.69) is 0 Å². The number of rotatable bonds is 3. The lowest BCUT2D eigenvalue weighted by molar-refractivity contribution is 0.147. The summed E-state index contributed by atoms with van der Waals surface area (Å²) in [5, 5.41) is 9.85. The Labute approximate surface area is 93.3 Å². The van der Waals surface area contributed by atoms with Crippen LogP contribution in [-0.4, -0.2) is 5.11 Å². The summed E-state index contributed by atoms with van der Waals surface area (Å²) in [6, 6.07) is 9.91. The average molecular weight is 220 g/mol. The van der Waals surface area contributed by atoms with Gasteiger partial charge in [0.15, 0.2) is 0 Å². The predicted molar refractivity (Wildman–Crippen MR) is 58.5 cm³/mol. The van der Waals surface area contributed by atoms with Crippen molar-refractivity contribution in [1.29, 1.82) is 0 Å². The first kappa shape index (κ1) is 10.9. The number of halogens is 1. The van der Waals surface area contributed by atoms with Gasteiger partial charge in [-0.15, -0.1) is 0 Å². The van der Waals surface area contributed by atoms with Crippen molar-refractivity contribution in [2.45, 2.75) is 19.4 Å². The minimum absolute atomic E-state index is 0.222. The Morgan fingerprint density at radius 1 is 1.25 bits per heavy atom. The number of aliphatic hydroxyl groups is 1. The first-order valence-corrected chi connectivity index (χ1v) is 5.14. The zero-order valence-corrected chi connectivity index (χ0v) is 8.98. The standard InChI is InChI=1S/C13H13FO2/c1-9-6-7-13(16-9)12(15)8-10-4-2-3-5-11(10)14/h2-7,12,15H,8H2,1H3. The second kappa shape index (κ2) is 4.49. The van der Waals surface area contributed by atoms with Gasteiger partial charge in [0.05, 0.1) is 0 Å². The van der Waals surface area contributed by atoms with E-state index in [0.29, 0.717) is 11.3 Å². The number of benzene rings is 1. The molecule has 3 heteroatoms. The predicted octanol–water partition coefficient (Wildman–Crippen LogP) is 3.00. The highest BCUT2D eigenvalue weighted by molar-refractivity contribution is 5.20. The summed E-state index contributed by atoms with van der Waals surface area (Å²) in [5.41, 5.74) is 0.490. The summed E-state index contributed by atoms with van der Waals surface area (Å²) in [7, 11) is 0. The van der Waals surface area contributed by atoms with E-state index in [1.54, 1.807) is 37.3 Å². The van der Waals surface area contributed by atoms with Gasteiger partial charge in [-0.25, -0.2) is 4.39 Å². The quantitative estimate of drug-likeness (QED) is 0.862. The normalized spacial score (nSPS) is 12.7. The first-order valence-electron chi connectivity index (χ1n) is 5.14.